The van der Waals surface area contributed by atoms with E-state index in [-0.39, 0.29) is 18.8 Å². The molecule has 0 aliphatic heterocycles. The van der Waals surface area contributed by atoms with E-state index in [0.717, 1.165) is 26.0 Å². The van der Waals surface area contributed by atoms with Crippen LogP contribution in [-0.4, -0.2) is 68.7 Å². The first-order valence-electron chi connectivity index (χ1n) is 23.6. The number of ether oxygens (including phenoxy) is 3. The third-order valence-corrected chi connectivity index (χ3v) is 10.5. The molecule has 6 heteroatoms. The van der Waals surface area contributed by atoms with E-state index in [1.807, 2.05) is 0 Å². The fourth-order valence-corrected chi connectivity index (χ4v) is 7.03. The molecule has 0 heterocycles. The lowest BCUT2D eigenvalue weighted by atomic mass is 10.1. The SMILES string of the molecule is CCCCCCCCC=CCCCCCCCCOCC(COC(=O)NCCN(C(C)C)C(C)C)OCCCCCCCCC=CCCCCCCCC. The zero-order valence-corrected chi connectivity index (χ0v) is 37.2. The van der Waals surface area contributed by atoms with E-state index in [4.69, 9.17) is 14.2 Å². The van der Waals surface area contributed by atoms with Crippen molar-refractivity contribution in [3.05, 3.63) is 24.3 Å². The van der Waals surface area contributed by atoms with Crippen molar-refractivity contribution >= 4 is 6.09 Å². The summed E-state index contributed by atoms with van der Waals surface area (Å²) in [5.41, 5.74) is 0. The van der Waals surface area contributed by atoms with Gasteiger partial charge in [0.25, 0.3) is 0 Å². The Morgan fingerprint density at radius 1 is 0.519 bits per heavy atom. The summed E-state index contributed by atoms with van der Waals surface area (Å²) in [4.78, 5) is 14.9. The highest BCUT2D eigenvalue weighted by Crippen LogP contribution is 2.13. The molecule has 0 saturated heterocycles. The summed E-state index contributed by atoms with van der Waals surface area (Å²) in [5.74, 6) is 0. The smallest absolute Gasteiger partial charge is 0.407 e. The van der Waals surface area contributed by atoms with Gasteiger partial charge in [-0.05, 0) is 91.9 Å². The van der Waals surface area contributed by atoms with E-state index in [1.165, 1.54) is 167 Å². The van der Waals surface area contributed by atoms with Crippen molar-refractivity contribution in [2.45, 2.75) is 240 Å². The maximum Gasteiger partial charge on any atom is 0.407 e. The monoisotopic (exact) mass is 763 g/mol. The van der Waals surface area contributed by atoms with Crippen molar-refractivity contribution in [2.24, 2.45) is 0 Å². The molecule has 0 aliphatic carbocycles. The number of nitrogens with zero attached hydrogens (tertiary/aromatic N) is 1. The van der Waals surface area contributed by atoms with Gasteiger partial charge in [-0.15, -0.1) is 0 Å². The molecule has 0 radical (unpaired) electrons. The summed E-state index contributed by atoms with van der Waals surface area (Å²) in [7, 11) is 0. The first kappa shape index (κ1) is 52.6. The molecule has 6 nitrogen and oxygen atoms in total. The van der Waals surface area contributed by atoms with E-state index in [9.17, 15) is 4.79 Å². The molecule has 0 aliphatic rings. The van der Waals surface area contributed by atoms with E-state index in [0.29, 0.717) is 31.8 Å². The lowest BCUT2D eigenvalue weighted by Crippen LogP contribution is -2.43. The summed E-state index contributed by atoms with van der Waals surface area (Å²) >= 11 is 0. The first-order chi connectivity index (χ1) is 26.4. The second kappa shape index (κ2) is 42.8. The van der Waals surface area contributed by atoms with Gasteiger partial charge in [0.2, 0.25) is 0 Å². The molecule has 1 N–H and O–H groups in total. The summed E-state index contributed by atoms with van der Waals surface area (Å²) in [6, 6.07) is 0.873. The zero-order chi connectivity index (χ0) is 39.6. The zero-order valence-electron chi connectivity index (χ0n) is 37.2. The minimum Gasteiger partial charge on any atom is -0.447 e. The van der Waals surface area contributed by atoms with Crippen LogP contribution in [0.15, 0.2) is 24.3 Å². The number of carbonyl (C=O) groups excluding carboxylic acids is 1. The number of allylic oxidation sites excluding steroid dienone is 4. The van der Waals surface area contributed by atoms with Gasteiger partial charge >= 0.3 is 6.09 Å². The molecule has 0 rings (SSSR count). The number of rotatable bonds is 42. The van der Waals surface area contributed by atoms with Gasteiger partial charge in [0.1, 0.15) is 12.7 Å². The van der Waals surface area contributed by atoms with Crippen molar-refractivity contribution < 1.29 is 19.0 Å². The average Bonchev–Trinajstić information content (AvgIpc) is 3.15. The predicted molar refractivity (Wildman–Crippen MR) is 236 cm³/mol. The van der Waals surface area contributed by atoms with Gasteiger partial charge in [0, 0.05) is 38.4 Å². The third-order valence-electron chi connectivity index (χ3n) is 10.5. The lowest BCUT2D eigenvalue weighted by Gasteiger charge is -2.30. The Bertz CT molecular complexity index is 807. The summed E-state index contributed by atoms with van der Waals surface area (Å²) in [5, 5.41) is 2.92. The Labute approximate surface area is 337 Å². The van der Waals surface area contributed by atoms with Gasteiger partial charge in [-0.2, -0.15) is 0 Å². The standard InChI is InChI=1S/C48H94N2O4/c1-7-9-11-13-15-17-19-21-23-25-27-29-31-33-35-37-41-52-43-47(44-54-48(51)49-39-40-50(45(3)4)46(5)6)53-42-38-36-34-32-30-28-26-24-22-20-18-16-14-12-10-8-2/h21-24,45-47H,7-20,25-44H2,1-6H3,(H,49,51). The highest BCUT2D eigenvalue weighted by atomic mass is 16.6. The Balaban J connectivity index is 4.17. The summed E-state index contributed by atoms with van der Waals surface area (Å²) in [6.45, 7) is 16.8. The second-order valence-electron chi connectivity index (χ2n) is 16.4. The highest BCUT2D eigenvalue weighted by Gasteiger charge is 2.15. The first-order valence-corrected chi connectivity index (χ1v) is 23.6. The van der Waals surface area contributed by atoms with Crippen LogP contribution < -0.4 is 5.32 Å². The average molecular weight is 763 g/mol. The topological polar surface area (TPSA) is 60.0 Å². The molecule has 0 spiro atoms. The van der Waals surface area contributed by atoms with Crippen LogP contribution in [0.3, 0.4) is 0 Å². The number of hydrogen-bond acceptors (Lipinski definition) is 5. The van der Waals surface area contributed by atoms with Crippen molar-refractivity contribution in [1.29, 1.82) is 0 Å². The lowest BCUT2D eigenvalue weighted by molar-refractivity contribution is -0.0468. The Morgan fingerprint density at radius 3 is 1.33 bits per heavy atom. The Kier molecular flexibility index (Phi) is 41.7. The van der Waals surface area contributed by atoms with Gasteiger partial charge < -0.3 is 19.5 Å². The minimum absolute atomic E-state index is 0.226. The van der Waals surface area contributed by atoms with E-state index in [2.05, 4.69) is 76.1 Å². The minimum atomic E-state index is -0.374. The normalized spacial score (nSPS) is 12.7. The molecular weight excluding hydrogens is 669 g/mol. The molecule has 0 bridgehead atoms. The predicted octanol–water partition coefficient (Wildman–Crippen LogP) is 14.3. The molecule has 0 aromatic rings. The fraction of sp³-hybridized carbons (Fsp3) is 0.896. The number of unbranched alkanes of at least 4 members (excludes halogenated alkanes) is 24. The molecule has 0 fully saturated rings. The fourth-order valence-electron chi connectivity index (χ4n) is 7.03. The van der Waals surface area contributed by atoms with Crippen molar-refractivity contribution in [1.82, 2.24) is 10.2 Å². The molecule has 0 saturated carbocycles. The number of nitrogens with one attached hydrogen (secondary N) is 1. The summed E-state index contributed by atoms with van der Waals surface area (Å²) < 4.78 is 17.8. The maximum atomic E-state index is 12.5. The second-order valence-corrected chi connectivity index (χ2v) is 16.4. The van der Waals surface area contributed by atoms with Crippen molar-refractivity contribution in [3.63, 3.8) is 0 Å². The van der Waals surface area contributed by atoms with Crippen LogP contribution in [0, 0.1) is 0 Å². The number of alkyl carbamates (subject to hydrolysis) is 1. The molecule has 320 valence electrons. The maximum absolute atomic E-state index is 12.5. The van der Waals surface area contributed by atoms with Crippen LogP contribution >= 0.6 is 0 Å². The van der Waals surface area contributed by atoms with Gasteiger partial charge in [-0.3, -0.25) is 4.90 Å². The van der Waals surface area contributed by atoms with Gasteiger partial charge in [0.05, 0.1) is 6.61 Å². The molecular formula is C48H94N2O4. The van der Waals surface area contributed by atoms with E-state index in [1.54, 1.807) is 0 Å². The van der Waals surface area contributed by atoms with Crippen LogP contribution in [0.5, 0.6) is 0 Å². The van der Waals surface area contributed by atoms with Crippen LogP contribution in [-0.2, 0) is 14.2 Å². The number of hydrogen-bond donors (Lipinski definition) is 1. The molecule has 1 atom stereocenters. The highest BCUT2D eigenvalue weighted by molar-refractivity contribution is 5.67. The van der Waals surface area contributed by atoms with E-state index < -0.39 is 0 Å². The summed E-state index contributed by atoms with van der Waals surface area (Å²) in [6.07, 6.45) is 45.4. The van der Waals surface area contributed by atoms with Gasteiger partial charge in [0.15, 0.2) is 0 Å². The quantitative estimate of drug-likeness (QED) is 0.0496. The molecule has 54 heavy (non-hydrogen) atoms. The largest absolute Gasteiger partial charge is 0.447 e. The molecule has 0 aromatic carbocycles. The van der Waals surface area contributed by atoms with Crippen molar-refractivity contribution in [3.8, 4) is 0 Å². The molecule has 1 amide bonds. The Morgan fingerprint density at radius 2 is 0.907 bits per heavy atom. The van der Waals surface area contributed by atoms with Crippen LogP contribution in [0.4, 0.5) is 4.79 Å². The van der Waals surface area contributed by atoms with Gasteiger partial charge in [-0.25, -0.2) is 4.79 Å². The van der Waals surface area contributed by atoms with Gasteiger partial charge in [-0.1, -0.05) is 154 Å². The van der Waals surface area contributed by atoms with Crippen molar-refractivity contribution in [2.75, 3.05) is 39.5 Å². The number of amides is 1. The third kappa shape index (κ3) is 38.9. The van der Waals surface area contributed by atoms with Crippen LogP contribution in [0.2, 0.25) is 0 Å². The van der Waals surface area contributed by atoms with Crippen LogP contribution in [0.1, 0.15) is 221 Å². The molecule has 0 aromatic heterocycles. The number of carbonyl (C=O) groups is 1. The van der Waals surface area contributed by atoms with E-state index >= 15 is 0 Å². The molecule has 1 unspecified atom stereocenters. The Hall–Kier alpha value is -1.37. The van der Waals surface area contributed by atoms with Crippen LogP contribution in [0.25, 0.3) is 0 Å².